The average molecular weight is 234 g/mol. The van der Waals surface area contributed by atoms with E-state index in [1.165, 1.54) is 0 Å². The minimum absolute atomic E-state index is 0.0475. The van der Waals surface area contributed by atoms with E-state index < -0.39 is 5.54 Å². The van der Waals surface area contributed by atoms with Crippen LogP contribution in [0.5, 0.6) is 5.75 Å². The zero-order chi connectivity index (χ0) is 12.6. The first-order valence-corrected chi connectivity index (χ1v) is 5.88. The molecule has 0 heterocycles. The van der Waals surface area contributed by atoms with Gasteiger partial charge in [0, 0.05) is 12.6 Å². The number of hydrogen-bond acceptors (Lipinski definition) is 3. The first kappa shape index (κ1) is 11.9. The predicted molar refractivity (Wildman–Crippen MR) is 67.0 cm³/mol. The van der Waals surface area contributed by atoms with Crippen molar-refractivity contribution in [2.75, 3.05) is 11.4 Å². The van der Waals surface area contributed by atoms with Crippen molar-refractivity contribution in [3.05, 3.63) is 23.8 Å². The van der Waals surface area contributed by atoms with Crippen LogP contribution in [0.3, 0.4) is 0 Å². The van der Waals surface area contributed by atoms with Gasteiger partial charge in [-0.05, 0) is 38.3 Å². The number of aryl methyl sites for hydroxylation is 1. The summed E-state index contributed by atoms with van der Waals surface area (Å²) in [6.07, 6.45) is 1.50. The molecule has 0 radical (unpaired) electrons. The van der Waals surface area contributed by atoms with Crippen molar-refractivity contribution in [3.63, 3.8) is 0 Å². The molecule has 92 valence electrons. The van der Waals surface area contributed by atoms with Gasteiger partial charge in [-0.25, -0.2) is 0 Å². The number of anilines is 1. The summed E-state index contributed by atoms with van der Waals surface area (Å²) in [5, 5.41) is 9.51. The maximum atomic E-state index is 12.2. The lowest BCUT2D eigenvalue weighted by Crippen LogP contribution is -2.46. The van der Waals surface area contributed by atoms with E-state index in [-0.39, 0.29) is 11.7 Å². The number of rotatable bonds is 3. The molecule has 0 aromatic heterocycles. The number of aromatic hydroxyl groups is 1. The number of nitrogens with zero attached hydrogens (tertiary/aromatic N) is 1. The molecule has 17 heavy (non-hydrogen) atoms. The Morgan fingerprint density at radius 1 is 1.53 bits per heavy atom. The first-order chi connectivity index (χ1) is 7.98. The molecule has 1 amide bonds. The van der Waals surface area contributed by atoms with Gasteiger partial charge in [0.05, 0.1) is 11.2 Å². The summed E-state index contributed by atoms with van der Waals surface area (Å²) in [6, 6.07) is 5.03. The van der Waals surface area contributed by atoms with E-state index in [9.17, 15) is 9.90 Å². The molecule has 4 nitrogen and oxygen atoms in total. The largest absolute Gasteiger partial charge is 0.508 e. The highest BCUT2D eigenvalue weighted by Gasteiger charge is 2.48. The van der Waals surface area contributed by atoms with Crippen LogP contribution in [0, 0.1) is 6.92 Å². The van der Waals surface area contributed by atoms with Crippen molar-refractivity contribution < 1.29 is 9.90 Å². The molecule has 2 rings (SSSR count). The van der Waals surface area contributed by atoms with Crippen molar-refractivity contribution in [2.45, 2.75) is 32.2 Å². The topological polar surface area (TPSA) is 66.6 Å². The summed E-state index contributed by atoms with van der Waals surface area (Å²) >= 11 is 0. The fourth-order valence-electron chi connectivity index (χ4n) is 1.93. The molecule has 0 spiro atoms. The summed E-state index contributed by atoms with van der Waals surface area (Å²) in [7, 11) is 0. The molecular weight excluding hydrogens is 216 g/mol. The van der Waals surface area contributed by atoms with Crippen molar-refractivity contribution in [3.8, 4) is 5.75 Å². The van der Waals surface area contributed by atoms with Gasteiger partial charge in [-0.2, -0.15) is 0 Å². The van der Waals surface area contributed by atoms with Gasteiger partial charge in [0.25, 0.3) is 0 Å². The van der Waals surface area contributed by atoms with Gasteiger partial charge in [0.2, 0.25) is 5.91 Å². The van der Waals surface area contributed by atoms with Crippen LogP contribution in [0.4, 0.5) is 5.69 Å². The van der Waals surface area contributed by atoms with Gasteiger partial charge in [-0.1, -0.05) is 6.07 Å². The Morgan fingerprint density at radius 2 is 2.18 bits per heavy atom. The molecule has 0 aliphatic heterocycles. The van der Waals surface area contributed by atoms with Crippen molar-refractivity contribution in [1.29, 1.82) is 0 Å². The van der Waals surface area contributed by atoms with Crippen LogP contribution in [-0.2, 0) is 4.79 Å². The lowest BCUT2D eigenvalue weighted by Gasteiger charge is -2.26. The quantitative estimate of drug-likeness (QED) is 0.833. The maximum Gasteiger partial charge on any atom is 0.247 e. The molecular formula is C13H18N2O2. The molecule has 1 fully saturated rings. The number of amides is 1. The summed E-state index contributed by atoms with van der Waals surface area (Å²) in [4.78, 5) is 13.9. The smallest absolute Gasteiger partial charge is 0.247 e. The molecule has 0 atom stereocenters. The standard InChI is InChI=1S/C13H18N2O2/c1-3-15(12(17)13(14)6-7-13)11-8-10(16)5-4-9(11)2/h4-5,8,16H,3,6-7,14H2,1-2H3. The Hall–Kier alpha value is -1.55. The van der Waals surface area contributed by atoms with Gasteiger partial charge in [0.15, 0.2) is 0 Å². The van der Waals surface area contributed by atoms with E-state index >= 15 is 0 Å². The van der Waals surface area contributed by atoms with Gasteiger partial charge in [-0.3, -0.25) is 4.79 Å². The van der Waals surface area contributed by atoms with Crippen molar-refractivity contribution in [1.82, 2.24) is 0 Å². The lowest BCUT2D eigenvalue weighted by molar-refractivity contribution is -0.120. The number of carbonyl (C=O) groups is 1. The molecule has 1 aromatic carbocycles. The molecule has 1 aliphatic carbocycles. The highest BCUT2D eigenvalue weighted by atomic mass is 16.3. The fourth-order valence-corrected chi connectivity index (χ4v) is 1.93. The van der Waals surface area contributed by atoms with Gasteiger partial charge >= 0.3 is 0 Å². The lowest BCUT2D eigenvalue weighted by atomic mass is 10.1. The summed E-state index contributed by atoms with van der Waals surface area (Å²) < 4.78 is 0. The van der Waals surface area contributed by atoms with E-state index in [1.54, 1.807) is 23.1 Å². The Labute approximate surface area is 101 Å². The van der Waals surface area contributed by atoms with Gasteiger partial charge < -0.3 is 15.7 Å². The third-order valence-electron chi connectivity index (χ3n) is 3.26. The zero-order valence-electron chi connectivity index (χ0n) is 10.2. The zero-order valence-corrected chi connectivity index (χ0v) is 10.2. The summed E-state index contributed by atoms with van der Waals surface area (Å²) in [5.41, 5.74) is 6.97. The highest BCUT2D eigenvalue weighted by molar-refractivity contribution is 6.02. The number of nitrogens with two attached hydrogens (primary N) is 1. The minimum atomic E-state index is -0.673. The molecule has 1 aromatic rings. The third kappa shape index (κ3) is 2.13. The average Bonchev–Trinajstić information content (AvgIpc) is 3.04. The van der Waals surface area contributed by atoms with E-state index in [1.807, 2.05) is 13.8 Å². The molecule has 0 unspecified atom stereocenters. The van der Waals surface area contributed by atoms with Crippen LogP contribution >= 0.6 is 0 Å². The number of hydrogen-bond donors (Lipinski definition) is 2. The number of benzene rings is 1. The van der Waals surface area contributed by atoms with Crippen LogP contribution in [0.25, 0.3) is 0 Å². The number of phenols is 1. The van der Waals surface area contributed by atoms with Crippen LogP contribution in [-0.4, -0.2) is 23.1 Å². The Bertz CT molecular complexity index is 453. The monoisotopic (exact) mass is 234 g/mol. The molecule has 4 heteroatoms. The second kappa shape index (κ2) is 4.04. The van der Waals surface area contributed by atoms with Crippen LogP contribution in [0.1, 0.15) is 25.3 Å². The van der Waals surface area contributed by atoms with E-state index in [0.29, 0.717) is 6.54 Å². The van der Waals surface area contributed by atoms with E-state index in [0.717, 1.165) is 24.1 Å². The minimum Gasteiger partial charge on any atom is -0.508 e. The van der Waals surface area contributed by atoms with Crippen LogP contribution < -0.4 is 10.6 Å². The number of phenolic OH excluding ortho intramolecular Hbond substituents is 1. The fraction of sp³-hybridized carbons (Fsp3) is 0.462. The molecule has 0 bridgehead atoms. The van der Waals surface area contributed by atoms with Gasteiger partial charge in [0.1, 0.15) is 5.75 Å². The highest BCUT2D eigenvalue weighted by Crippen LogP contribution is 2.36. The van der Waals surface area contributed by atoms with Crippen LogP contribution in [0.15, 0.2) is 18.2 Å². The second-order valence-electron chi connectivity index (χ2n) is 4.68. The van der Waals surface area contributed by atoms with Crippen LogP contribution in [0.2, 0.25) is 0 Å². The Kier molecular flexibility index (Phi) is 2.83. The third-order valence-corrected chi connectivity index (χ3v) is 3.26. The van der Waals surface area contributed by atoms with Crippen molar-refractivity contribution >= 4 is 11.6 Å². The predicted octanol–water partition coefficient (Wildman–Crippen LogP) is 1.54. The van der Waals surface area contributed by atoms with Gasteiger partial charge in [-0.15, -0.1) is 0 Å². The Morgan fingerprint density at radius 3 is 2.71 bits per heavy atom. The van der Waals surface area contributed by atoms with E-state index in [2.05, 4.69) is 0 Å². The Balaban J connectivity index is 2.35. The maximum absolute atomic E-state index is 12.2. The van der Waals surface area contributed by atoms with E-state index in [4.69, 9.17) is 5.73 Å². The SMILES string of the molecule is CCN(C(=O)C1(N)CC1)c1cc(O)ccc1C. The summed E-state index contributed by atoms with van der Waals surface area (Å²) in [6.45, 7) is 4.38. The summed E-state index contributed by atoms with van der Waals surface area (Å²) in [5.74, 6) is 0.118. The number of likely N-dealkylation sites (N-methyl/N-ethyl adjacent to an activating group) is 1. The molecule has 1 saturated carbocycles. The normalized spacial score (nSPS) is 16.6. The molecule has 0 saturated heterocycles. The number of carbonyl (C=O) groups excluding carboxylic acids is 1. The first-order valence-electron chi connectivity index (χ1n) is 5.88. The van der Waals surface area contributed by atoms with Crippen molar-refractivity contribution in [2.24, 2.45) is 5.73 Å². The second-order valence-corrected chi connectivity index (χ2v) is 4.68. The molecule has 3 N–H and O–H groups in total. The molecule has 1 aliphatic rings.